The largest absolute Gasteiger partial charge is 0.240 e. The van der Waals surface area contributed by atoms with E-state index in [0.29, 0.717) is 0 Å². The van der Waals surface area contributed by atoms with E-state index in [0.717, 1.165) is 21.2 Å². The zero-order valence-electron chi connectivity index (χ0n) is 12.8. The Morgan fingerprint density at radius 2 is 1.33 bits per heavy atom. The van der Waals surface area contributed by atoms with E-state index in [1.54, 1.807) is 12.1 Å². The van der Waals surface area contributed by atoms with Crippen LogP contribution in [0.5, 0.6) is 0 Å². The molecule has 3 rings (SSSR count). The molecule has 0 unspecified atom stereocenters. The van der Waals surface area contributed by atoms with Gasteiger partial charge >= 0.3 is 0 Å². The van der Waals surface area contributed by atoms with Crippen molar-refractivity contribution in [3.8, 4) is 11.1 Å². The van der Waals surface area contributed by atoms with Crippen LogP contribution < -0.4 is 4.72 Å². The summed E-state index contributed by atoms with van der Waals surface area (Å²) < 4.78 is 28.4. The third-order valence-electron chi connectivity index (χ3n) is 3.68. The second kappa shape index (κ2) is 7.30. The summed E-state index contributed by atoms with van der Waals surface area (Å²) in [6.07, 6.45) is 0. The minimum absolute atomic E-state index is 0.240. The second-order valence-electron chi connectivity index (χ2n) is 5.31. The van der Waals surface area contributed by atoms with Gasteiger partial charge in [-0.1, -0.05) is 76.6 Å². The molecule has 0 atom stereocenters. The molecule has 5 heteroatoms. The van der Waals surface area contributed by atoms with Gasteiger partial charge in [-0.25, -0.2) is 13.1 Å². The first-order chi connectivity index (χ1) is 11.6. The summed E-state index contributed by atoms with van der Waals surface area (Å²) in [5, 5.41) is 0. The molecule has 0 heterocycles. The molecule has 3 aromatic rings. The zero-order chi connectivity index (χ0) is 17.0. The van der Waals surface area contributed by atoms with Crippen molar-refractivity contribution in [2.75, 3.05) is 0 Å². The van der Waals surface area contributed by atoms with Gasteiger partial charge in [0.15, 0.2) is 0 Å². The summed E-state index contributed by atoms with van der Waals surface area (Å²) in [5.74, 6) is 0. The normalized spacial score (nSPS) is 11.4. The summed E-state index contributed by atoms with van der Waals surface area (Å²) in [4.78, 5) is 0.259. The van der Waals surface area contributed by atoms with Crippen molar-refractivity contribution >= 4 is 26.0 Å². The summed E-state index contributed by atoms with van der Waals surface area (Å²) in [6.45, 7) is 0.240. The van der Waals surface area contributed by atoms with Crippen LogP contribution in [-0.4, -0.2) is 8.42 Å². The third kappa shape index (κ3) is 3.93. The quantitative estimate of drug-likeness (QED) is 0.678. The maximum atomic E-state index is 12.4. The predicted octanol–water partition coefficient (Wildman–Crippen LogP) is 4.59. The summed E-state index contributed by atoms with van der Waals surface area (Å²) in [6, 6.07) is 24.3. The van der Waals surface area contributed by atoms with Crippen LogP contribution in [0.25, 0.3) is 11.1 Å². The molecule has 0 saturated carbocycles. The molecule has 0 amide bonds. The van der Waals surface area contributed by atoms with E-state index in [2.05, 4.69) is 20.7 Å². The SMILES string of the molecule is O=S(=O)(NCc1ccccc1Br)c1ccc(-c2ccccc2)cc1. The van der Waals surface area contributed by atoms with Crippen molar-refractivity contribution in [2.24, 2.45) is 0 Å². The van der Waals surface area contributed by atoms with Gasteiger partial charge < -0.3 is 0 Å². The Bertz CT molecular complexity index is 923. The van der Waals surface area contributed by atoms with E-state index in [-0.39, 0.29) is 11.4 Å². The zero-order valence-corrected chi connectivity index (χ0v) is 15.2. The van der Waals surface area contributed by atoms with Gasteiger partial charge in [0.2, 0.25) is 10.0 Å². The fourth-order valence-electron chi connectivity index (χ4n) is 2.35. The number of benzene rings is 3. The molecule has 3 nitrogen and oxygen atoms in total. The van der Waals surface area contributed by atoms with Crippen LogP contribution in [0, 0.1) is 0 Å². The molecule has 0 radical (unpaired) electrons. The molecular weight excluding hydrogens is 386 g/mol. The Morgan fingerprint density at radius 3 is 2.00 bits per heavy atom. The average Bonchev–Trinajstić information content (AvgIpc) is 2.62. The van der Waals surface area contributed by atoms with Crippen LogP contribution in [-0.2, 0) is 16.6 Å². The van der Waals surface area contributed by atoms with E-state index in [1.165, 1.54) is 0 Å². The first-order valence-electron chi connectivity index (χ1n) is 7.45. The minimum Gasteiger partial charge on any atom is -0.207 e. The molecule has 0 aliphatic carbocycles. The van der Waals surface area contributed by atoms with Gasteiger partial charge in [0, 0.05) is 11.0 Å². The van der Waals surface area contributed by atoms with Gasteiger partial charge in [0.25, 0.3) is 0 Å². The van der Waals surface area contributed by atoms with E-state index in [9.17, 15) is 8.42 Å². The highest BCUT2D eigenvalue weighted by molar-refractivity contribution is 9.10. The molecule has 0 aliphatic rings. The lowest BCUT2D eigenvalue weighted by molar-refractivity contribution is 0.581. The van der Waals surface area contributed by atoms with Crippen LogP contribution in [0.3, 0.4) is 0 Å². The highest BCUT2D eigenvalue weighted by atomic mass is 79.9. The van der Waals surface area contributed by atoms with E-state index in [1.807, 2.05) is 66.7 Å². The van der Waals surface area contributed by atoms with Gasteiger partial charge in [-0.2, -0.15) is 0 Å². The Labute approximate surface area is 150 Å². The molecule has 0 aliphatic heterocycles. The number of sulfonamides is 1. The highest BCUT2D eigenvalue weighted by Crippen LogP contribution is 2.21. The smallest absolute Gasteiger partial charge is 0.207 e. The van der Waals surface area contributed by atoms with E-state index in [4.69, 9.17) is 0 Å². The lowest BCUT2D eigenvalue weighted by Gasteiger charge is -2.09. The van der Waals surface area contributed by atoms with Crippen molar-refractivity contribution in [1.29, 1.82) is 0 Å². The first-order valence-corrected chi connectivity index (χ1v) is 9.72. The van der Waals surface area contributed by atoms with Crippen LogP contribution in [0.4, 0.5) is 0 Å². The molecule has 0 fully saturated rings. The van der Waals surface area contributed by atoms with E-state index < -0.39 is 10.0 Å². The number of nitrogens with one attached hydrogen (secondary N) is 1. The predicted molar refractivity (Wildman–Crippen MR) is 100 cm³/mol. The Morgan fingerprint density at radius 1 is 0.750 bits per heavy atom. The van der Waals surface area contributed by atoms with Crippen LogP contribution in [0.15, 0.2) is 88.2 Å². The number of hydrogen-bond donors (Lipinski definition) is 1. The van der Waals surface area contributed by atoms with Crippen molar-refractivity contribution in [3.63, 3.8) is 0 Å². The highest BCUT2D eigenvalue weighted by Gasteiger charge is 2.14. The average molecular weight is 402 g/mol. The Kier molecular flexibility index (Phi) is 5.14. The van der Waals surface area contributed by atoms with Gasteiger partial charge in [-0.15, -0.1) is 0 Å². The third-order valence-corrected chi connectivity index (χ3v) is 5.87. The Hall–Kier alpha value is -1.95. The molecule has 0 saturated heterocycles. The van der Waals surface area contributed by atoms with Gasteiger partial charge in [0.05, 0.1) is 4.90 Å². The maximum absolute atomic E-state index is 12.4. The lowest BCUT2D eigenvalue weighted by atomic mass is 10.1. The van der Waals surface area contributed by atoms with Crippen LogP contribution >= 0.6 is 15.9 Å². The van der Waals surface area contributed by atoms with Crippen molar-refractivity contribution < 1.29 is 8.42 Å². The Balaban J connectivity index is 1.76. The molecule has 0 bridgehead atoms. The summed E-state index contributed by atoms with van der Waals surface area (Å²) >= 11 is 3.42. The number of hydrogen-bond acceptors (Lipinski definition) is 2. The maximum Gasteiger partial charge on any atom is 0.240 e. The number of halogens is 1. The van der Waals surface area contributed by atoms with Crippen molar-refractivity contribution in [2.45, 2.75) is 11.4 Å². The molecule has 1 N–H and O–H groups in total. The summed E-state index contributed by atoms with van der Waals surface area (Å²) in [5.41, 5.74) is 2.94. The van der Waals surface area contributed by atoms with Crippen molar-refractivity contribution in [3.05, 3.63) is 88.9 Å². The molecule has 122 valence electrons. The fraction of sp³-hybridized carbons (Fsp3) is 0.0526. The summed E-state index contributed by atoms with van der Waals surface area (Å²) in [7, 11) is -3.55. The van der Waals surface area contributed by atoms with Gasteiger partial charge in [0.1, 0.15) is 0 Å². The molecule has 24 heavy (non-hydrogen) atoms. The van der Waals surface area contributed by atoms with E-state index >= 15 is 0 Å². The van der Waals surface area contributed by atoms with Crippen LogP contribution in [0.1, 0.15) is 5.56 Å². The topological polar surface area (TPSA) is 46.2 Å². The van der Waals surface area contributed by atoms with Crippen molar-refractivity contribution in [1.82, 2.24) is 4.72 Å². The molecule has 0 aromatic heterocycles. The second-order valence-corrected chi connectivity index (χ2v) is 7.93. The minimum atomic E-state index is -3.55. The monoisotopic (exact) mass is 401 g/mol. The number of rotatable bonds is 5. The fourth-order valence-corrected chi connectivity index (χ4v) is 3.79. The van der Waals surface area contributed by atoms with Gasteiger partial charge in [-0.3, -0.25) is 0 Å². The van der Waals surface area contributed by atoms with Gasteiger partial charge in [-0.05, 0) is 34.9 Å². The standard InChI is InChI=1S/C19H16BrNO2S/c20-19-9-5-4-8-17(19)14-21-24(22,23)18-12-10-16(11-13-18)15-6-2-1-3-7-15/h1-13,21H,14H2. The van der Waals surface area contributed by atoms with Crippen LogP contribution in [0.2, 0.25) is 0 Å². The first kappa shape index (κ1) is 16.9. The molecule has 3 aromatic carbocycles. The molecule has 0 spiro atoms. The molecular formula is C19H16BrNO2S. The lowest BCUT2D eigenvalue weighted by Crippen LogP contribution is -2.23.